The van der Waals surface area contributed by atoms with E-state index in [4.69, 9.17) is 5.26 Å². The van der Waals surface area contributed by atoms with Crippen molar-refractivity contribution in [3.05, 3.63) is 18.6 Å². The molecule has 9 heteroatoms. The van der Waals surface area contributed by atoms with Crippen molar-refractivity contribution in [1.29, 1.82) is 5.26 Å². The van der Waals surface area contributed by atoms with Gasteiger partial charge in [-0.05, 0) is 31.7 Å². The molecule has 26 heavy (non-hydrogen) atoms. The van der Waals surface area contributed by atoms with Crippen LogP contribution in [0.3, 0.4) is 0 Å². The Labute approximate surface area is 152 Å². The van der Waals surface area contributed by atoms with Crippen LogP contribution in [0.25, 0.3) is 11.0 Å². The Morgan fingerprint density at radius 3 is 2.85 bits per heavy atom. The minimum Gasteiger partial charge on any atom is -0.356 e. The molecule has 2 aliphatic rings. The lowest BCUT2D eigenvalue weighted by Crippen LogP contribution is -2.58. The molecule has 0 unspecified atom stereocenters. The van der Waals surface area contributed by atoms with Gasteiger partial charge in [0, 0.05) is 32.4 Å². The molecular formula is C17H22N6O2S. The summed E-state index contributed by atoms with van der Waals surface area (Å²) in [6.07, 6.45) is 5.04. The Bertz CT molecular complexity index is 967. The highest BCUT2D eigenvalue weighted by molar-refractivity contribution is 7.89. The molecule has 2 aromatic rings. The van der Waals surface area contributed by atoms with Crippen molar-refractivity contribution < 1.29 is 8.42 Å². The minimum absolute atomic E-state index is 0.157. The number of fused-ring (bicyclic) bond motifs is 1. The van der Waals surface area contributed by atoms with E-state index in [0.29, 0.717) is 13.1 Å². The van der Waals surface area contributed by atoms with E-state index in [1.807, 2.05) is 19.3 Å². The topological polar surface area (TPSA) is 106 Å². The van der Waals surface area contributed by atoms with Crippen LogP contribution in [0, 0.1) is 22.7 Å². The highest BCUT2D eigenvalue weighted by Crippen LogP contribution is 2.38. The van der Waals surface area contributed by atoms with Gasteiger partial charge in [-0.2, -0.15) is 9.57 Å². The molecule has 0 radical (unpaired) electrons. The van der Waals surface area contributed by atoms with Crippen molar-refractivity contribution >= 4 is 26.9 Å². The number of sulfonamides is 1. The van der Waals surface area contributed by atoms with E-state index in [1.165, 1.54) is 4.31 Å². The smallest absolute Gasteiger partial charge is 0.214 e. The Morgan fingerprint density at radius 1 is 1.42 bits per heavy atom. The fraction of sp³-hybridized carbons (Fsp3) is 0.588. The highest BCUT2D eigenvalue weighted by atomic mass is 32.2. The van der Waals surface area contributed by atoms with E-state index >= 15 is 0 Å². The number of nitriles is 1. The predicted octanol–water partition coefficient (Wildman–Crippen LogP) is 1.35. The second kappa shape index (κ2) is 5.93. The van der Waals surface area contributed by atoms with E-state index in [0.717, 1.165) is 29.7 Å². The van der Waals surface area contributed by atoms with Crippen molar-refractivity contribution in [3.8, 4) is 6.07 Å². The molecule has 1 N–H and O–H groups in total. The number of hydrogen-bond acceptors (Lipinski definition) is 6. The SMILES string of the molecule is CN(c1ncnc2[nH]ccc12)C1CC(CS(=O)(=O)N2CC(C)(C#N)C2)C1. The van der Waals surface area contributed by atoms with Crippen molar-refractivity contribution in [2.45, 2.75) is 25.8 Å². The third-order valence-corrected chi connectivity index (χ3v) is 7.52. The van der Waals surface area contributed by atoms with Gasteiger partial charge in [0.15, 0.2) is 0 Å². The molecule has 0 spiro atoms. The van der Waals surface area contributed by atoms with Gasteiger partial charge in [0.1, 0.15) is 17.8 Å². The molecule has 8 nitrogen and oxygen atoms in total. The lowest BCUT2D eigenvalue weighted by molar-refractivity contribution is 0.147. The summed E-state index contributed by atoms with van der Waals surface area (Å²) < 4.78 is 26.4. The maximum atomic E-state index is 12.5. The van der Waals surface area contributed by atoms with E-state index in [1.54, 1.807) is 13.3 Å². The predicted molar refractivity (Wildman–Crippen MR) is 97.9 cm³/mol. The molecule has 2 aromatic heterocycles. The molecule has 138 valence electrons. The zero-order chi connectivity index (χ0) is 18.5. The van der Waals surface area contributed by atoms with Gasteiger partial charge in [0.05, 0.1) is 22.6 Å². The molecule has 1 aliphatic heterocycles. The lowest BCUT2D eigenvalue weighted by atomic mass is 9.81. The van der Waals surface area contributed by atoms with Crippen molar-refractivity contribution in [2.75, 3.05) is 30.8 Å². The number of aromatic nitrogens is 3. The summed E-state index contributed by atoms with van der Waals surface area (Å²) in [4.78, 5) is 13.8. The molecule has 0 atom stereocenters. The molecule has 0 amide bonds. The first-order valence-corrected chi connectivity index (χ1v) is 10.3. The van der Waals surface area contributed by atoms with Gasteiger partial charge < -0.3 is 9.88 Å². The van der Waals surface area contributed by atoms with E-state index in [2.05, 4.69) is 25.9 Å². The zero-order valence-electron chi connectivity index (χ0n) is 14.9. The van der Waals surface area contributed by atoms with E-state index < -0.39 is 15.4 Å². The number of H-pyrrole nitrogens is 1. The number of anilines is 1. The van der Waals surface area contributed by atoms with Gasteiger partial charge in [0.2, 0.25) is 10.0 Å². The van der Waals surface area contributed by atoms with Crippen LogP contribution in [0.1, 0.15) is 19.8 Å². The number of nitrogens with one attached hydrogen (secondary N) is 1. The van der Waals surface area contributed by atoms with E-state index in [-0.39, 0.29) is 17.7 Å². The Hall–Kier alpha value is -2.18. The van der Waals surface area contributed by atoms with Crippen LogP contribution in [0.15, 0.2) is 18.6 Å². The Morgan fingerprint density at radius 2 is 2.15 bits per heavy atom. The van der Waals surface area contributed by atoms with Crippen molar-refractivity contribution in [1.82, 2.24) is 19.3 Å². The first-order chi connectivity index (χ1) is 12.3. The number of nitrogens with zero attached hydrogens (tertiary/aromatic N) is 5. The standard InChI is InChI=1S/C17H22N6O2S/c1-17(8-18)9-23(10-17)26(24,25)7-12-5-13(6-12)22(2)16-14-3-4-19-15(14)20-11-21-16/h3-4,11-13H,5-7,9-10H2,1-2H3,(H,19,20,21). The first-order valence-electron chi connectivity index (χ1n) is 8.71. The largest absolute Gasteiger partial charge is 0.356 e. The molecule has 1 saturated carbocycles. The van der Waals surface area contributed by atoms with Crippen LogP contribution in [0.4, 0.5) is 5.82 Å². The Balaban J connectivity index is 1.36. The fourth-order valence-electron chi connectivity index (χ4n) is 3.87. The maximum absolute atomic E-state index is 12.5. The zero-order valence-corrected chi connectivity index (χ0v) is 15.7. The van der Waals surface area contributed by atoms with Crippen LogP contribution in [-0.4, -0.2) is 59.6 Å². The van der Waals surface area contributed by atoms with E-state index in [9.17, 15) is 8.42 Å². The lowest BCUT2D eigenvalue weighted by Gasteiger charge is -2.45. The van der Waals surface area contributed by atoms with Crippen LogP contribution in [-0.2, 0) is 10.0 Å². The number of aromatic amines is 1. The van der Waals surface area contributed by atoms with Gasteiger partial charge in [-0.25, -0.2) is 18.4 Å². The molecule has 1 saturated heterocycles. The Kier molecular flexibility index (Phi) is 3.93. The monoisotopic (exact) mass is 374 g/mol. The molecule has 0 bridgehead atoms. The van der Waals surface area contributed by atoms with Crippen LogP contribution >= 0.6 is 0 Å². The second-order valence-electron chi connectivity index (χ2n) is 7.76. The summed E-state index contributed by atoms with van der Waals surface area (Å²) in [5.41, 5.74) is 0.281. The minimum atomic E-state index is -3.27. The van der Waals surface area contributed by atoms with Crippen molar-refractivity contribution in [2.24, 2.45) is 11.3 Å². The highest BCUT2D eigenvalue weighted by Gasteiger charge is 2.46. The molecule has 1 aliphatic carbocycles. The molecular weight excluding hydrogens is 352 g/mol. The number of rotatable bonds is 5. The number of hydrogen-bond donors (Lipinski definition) is 1. The summed E-state index contributed by atoms with van der Waals surface area (Å²) in [6.45, 7) is 2.43. The molecule has 0 aromatic carbocycles. The van der Waals surface area contributed by atoms with Crippen LogP contribution in [0.2, 0.25) is 0 Å². The second-order valence-corrected chi connectivity index (χ2v) is 9.77. The van der Waals surface area contributed by atoms with Gasteiger partial charge in [0.25, 0.3) is 0 Å². The average Bonchev–Trinajstić information content (AvgIpc) is 3.02. The fourth-order valence-corrected chi connectivity index (χ4v) is 5.91. The van der Waals surface area contributed by atoms with Crippen LogP contribution < -0.4 is 4.90 Å². The molecule has 2 fully saturated rings. The van der Waals surface area contributed by atoms with Crippen LogP contribution in [0.5, 0.6) is 0 Å². The molecule has 3 heterocycles. The van der Waals surface area contributed by atoms with Gasteiger partial charge in [-0.1, -0.05) is 0 Å². The summed E-state index contributed by atoms with van der Waals surface area (Å²) >= 11 is 0. The summed E-state index contributed by atoms with van der Waals surface area (Å²) in [6, 6.07) is 4.42. The summed E-state index contributed by atoms with van der Waals surface area (Å²) in [7, 11) is -1.27. The average molecular weight is 374 g/mol. The summed E-state index contributed by atoms with van der Waals surface area (Å²) in [5.74, 6) is 1.20. The maximum Gasteiger partial charge on any atom is 0.214 e. The van der Waals surface area contributed by atoms with Gasteiger partial charge in [-0.15, -0.1) is 0 Å². The molecule has 4 rings (SSSR count). The normalized spacial score (nSPS) is 25.3. The van der Waals surface area contributed by atoms with Gasteiger partial charge >= 0.3 is 0 Å². The van der Waals surface area contributed by atoms with Gasteiger partial charge in [-0.3, -0.25) is 0 Å². The quantitative estimate of drug-likeness (QED) is 0.847. The third-order valence-electron chi connectivity index (χ3n) is 5.59. The third kappa shape index (κ3) is 2.83. The van der Waals surface area contributed by atoms with Crippen molar-refractivity contribution in [3.63, 3.8) is 0 Å². The first kappa shape index (κ1) is 17.2. The summed E-state index contributed by atoms with van der Waals surface area (Å²) in [5, 5.41) is 10.0.